The number of carbonyl (C=O) groups is 1. The Morgan fingerprint density at radius 1 is 1.53 bits per heavy atom. The summed E-state index contributed by atoms with van der Waals surface area (Å²) in [6.45, 7) is 6.79. The highest BCUT2D eigenvalue weighted by molar-refractivity contribution is 5.91. The summed E-state index contributed by atoms with van der Waals surface area (Å²) < 4.78 is 1.72. The number of amides is 1. The molecule has 1 aliphatic rings. The van der Waals surface area contributed by atoms with E-state index in [4.69, 9.17) is 4.84 Å². The first-order chi connectivity index (χ1) is 9.11. The van der Waals surface area contributed by atoms with E-state index in [1.807, 2.05) is 13.0 Å². The van der Waals surface area contributed by atoms with Crippen LogP contribution in [0.2, 0.25) is 0 Å². The van der Waals surface area contributed by atoms with Crippen LogP contribution in [-0.2, 0) is 11.4 Å². The molecule has 5 nitrogen and oxygen atoms in total. The maximum atomic E-state index is 12.1. The average molecular weight is 265 g/mol. The normalized spacial score (nSPS) is 16.2. The first-order valence-electron chi connectivity index (χ1n) is 7.15. The highest BCUT2D eigenvalue weighted by Crippen LogP contribution is 2.20. The summed E-state index contributed by atoms with van der Waals surface area (Å²) in [5.41, 5.74) is 4.08. The first kappa shape index (κ1) is 14.1. The third-order valence-corrected chi connectivity index (χ3v) is 3.54. The third kappa shape index (κ3) is 3.35. The molecule has 1 aromatic heterocycles. The van der Waals surface area contributed by atoms with Gasteiger partial charge in [0.2, 0.25) is 0 Å². The fraction of sp³-hybridized carbons (Fsp3) is 0.714. The van der Waals surface area contributed by atoms with Gasteiger partial charge < -0.3 is 0 Å². The van der Waals surface area contributed by atoms with Gasteiger partial charge in [0.25, 0.3) is 5.91 Å². The van der Waals surface area contributed by atoms with E-state index in [0.717, 1.165) is 18.5 Å². The maximum Gasteiger partial charge on any atom is 0.293 e. The highest BCUT2D eigenvalue weighted by Gasteiger charge is 2.20. The number of carbonyl (C=O) groups excluding carboxylic acids is 1. The molecule has 0 aliphatic heterocycles. The van der Waals surface area contributed by atoms with Gasteiger partial charge in [-0.2, -0.15) is 5.10 Å². The van der Waals surface area contributed by atoms with Crippen LogP contribution in [0, 0.1) is 0 Å². The Bertz CT molecular complexity index is 434. The summed E-state index contributed by atoms with van der Waals surface area (Å²) in [7, 11) is 0. The van der Waals surface area contributed by atoms with Crippen molar-refractivity contribution in [1.29, 1.82) is 0 Å². The van der Waals surface area contributed by atoms with Crippen LogP contribution >= 0.6 is 0 Å². The quantitative estimate of drug-likeness (QED) is 0.833. The molecule has 1 heterocycles. The number of nitrogens with zero attached hydrogens (tertiary/aromatic N) is 2. The molecule has 0 unspecified atom stereocenters. The zero-order valence-electron chi connectivity index (χ0n) is 12.0. The van der Waals surface area contributed by atoms with Gasteiger partial charge in [-0.25, -0.2) is 5.48 Å². The molecular formula is C14H23N3O2. The third-order valence-electron chi connectivity index (χ3n) is 3.54. The van der Waals surface area contributed by atoms with Crippen molar-refractivity contribution in [1.82, 2.24) is 15.3 Å². The zero-order valence-corrected chi connectivity index (χ0v) is 12.0. The maximum absolute atomic E-state index is 12.1. The summed E-state index contributed by atoms with van der Waals surface area (Å²) in [6, 6.07) is 1.85. The number of hydrogen-bond donors (Lipinski definition) is 1. The van der Waals surface area contributed by atoms with E-state index < -0.39 is 0 Å². The SMILES string of the molecule is CCn1nc(C(C)C)cc1C(=O)NOC1CCCC1. The van der Waals surface area contributed by atoms with E-state index in [1.54, 1.807) is 4.68 Å². The van der Waals surface area contributed by atoms with Gasteiger partial charge in [-0.1, -0.05) is 26.7 Å². The minimum Gasteiger partial charge on any atom is -0.270 e. The molecule has 1 saturated carbocycles. The number of hydrogen-bond acceptors (Lipinski definition) is 3. The molecule has 0 atom stereocenters. The van der Waals surface area contributed by atoms with Gasteiger partial charge in [-0.05, 0) is 31.7 Å². The Hall–Kier alpha value is -1.36. The molecule has 1 amide bonds. The van der Waals surface area contributed by atoms with Crippen LogP contribution in [0.1, 0.15) is 68.6 Å². The molecule has 0 saturated heterocycles. The lowest BCUT2D eigenvalue weighted by molar-refractivity contribution is -0.0130. The van der Waals surface area contributed by atoms with E-state index in [2.05, 4.69) is 24.4 Å². The van der Waals surface area contributed by atoms with Crippen molar-refractivity contribution in [2.75, 3.05) is 0 Å². The Morgan fingerprint density at radius 2 is 2.21 bits per heavy atom. The van der Waals surface area contributed by atoms with Crippen LogP contribution in [-0.4, -0.2) is 21.8 Å². The second-order valence-corrected chi connectivity index (χ2v) is 5.38. The predicted molar refractivity (Wildman–Crippen MR) is 72.8 cm³/mol. The summed E-state index contributed by atoms with van der Waals surface area (Å²) in [5, 5.41) is 4.43. The second kappa shape index (κ2) is 6.19. The van der Waals surface area contributed by atoms with Crippen molar-refractivity contribution in [3.8, 4) is 0 Å². The topological polar surface area (TPSA) is 56.2 Å². The molecule has 106 valence electrons. The van der Waals surface area contributed by atoms with Crippen molar-refractivity contribution in [3.05, 3.63) is 17.5 Å². The molecule has 0 spiro atoms. The van der Waals surface area contributed by atoms with Crippen LogP contribution in [0.25, 0.3) is 0 Å². The van der Waals surface area contributed by atoms with E-state index in [-0.39, 0.29) is 12.0 Å². The predicted octanol–water partition coefficient (Wildman–Crippen LogP) is 2.63. The largest absolute Gasteiger partial charge is 0.293 e. The summed E-state index contributed by atoms with van der Waals surface area (Å²) in [6.07, 6.45) is 4.61. The van der Waals surface area contributed by atoms with E-state index in [1.165, 1.54) is 12.8 Å². The van der Waals surface area contributed by atoms with E-state index in [0.29, 0.717) is 18.2 Å². The van der Waals surface area contributed by atoms with Gasteiger partial charge in [0, 0.05) is 6.54 Å². The molecule has 1 aromatic rings. The van der Waals surface area contributed by atoms with E-state index >= 15 is 0 Å². The molecule has 19 heavy (non-hydrogen) atoms. The molecule has 0 aromatic carbocycles. The zero-order chi connectivity index (χ0) is 13.8. The van der Waals surface area contributed by atoms with Gasteiger partial charge in [-0.15, -0.1) is 0 Å². The number of rotatable bonds is 5. The molecular weight excluding hydrogens is 242 g/mol. The van der Waals surface area contributed by atoms with Gasteiger partial charge >= 0.3 is 0 Å². The molecule has 5 heteroatoms. The van der Waals surface area contributed by atoms with Crippen molar-refractivity contribution in [2.45, 2.75) is 65.0 Å². The van der Waals surface area contributed by atoms with Crippen molar-refractivity contribution in [2.24, 2.45) is 0 Å². The number of nitrogens with one attached hydrogen (secondary N) is 1. The van der Waals surface area contributed by atoms with Gasteiger partial charge in [0.05, 0.1) is 11.8 Å². The number of hydroxylamine groups is 1. The number of aromatic nitrogens is 2. The lowest BCUT2D eigenvalue weighted by atomic mass is 10.1. The van der Waals surface area contributed by atoms with Crippen LogP contribution in [0.4, 0.5) is 0 Å². The lowest BCUT2D eigenvalue weighted by Gasteiger charge is -2.11. The fourth-order valence-electron chi connectivity index (χ4n) is 2.34. The molecule has 1 N–H and O–H groups in total. The summed E-state index contributed by atoms with van der Waals surface area (Å²) >= 11 is 0. The lowest BCUT2D eigenvalue weighted by Crippen LogP contribution is -2.30. The molecule has 1 fully saturated rings. The first-order valence-corrected chi connectivity index (χ1v) is 7.15. The van der Waals surface area contributed by atoms with Crippen molar-refractivity contribution >= 4 is 5.91 Å². The average Bonchev–Trinajstić information content (AvgIpc) is 3.04. The smallest absolute Gasteiger partial charge is 0.270 e. The van der Waals surface area contributed by atoms with Crippen LogP contribution in [0.5, 0.6) is 0 Å². The molecule has 1 aliphatic carbocycles. The number of aryl methyl sites for hydroxylation is 1. The Labute approximate surface area is 114 Å². The monoisotopic (exact) mass is 265 g/mol. The van der Waals surface area contributed by atoms with Gasteiger partial charge in [0.15, 0.2) is 0 Å². The minimum absolute atomic E-state index is 0.173. The van der Waals surface area contributed by atoms with Crippen LogP contribution < -0.4 is 5.48 Å². The molecule has 0 radical (unpaired) electrons. The fourth-order valence-corrected chi connectivity index (χ4v) is 2.34. The van der Waals surface area contributed by atoms with Gasteiger partial charge in [-0.3, -0.25) is 14.3 Å². The second-order valence-electron chi connectivity index (χ2n) is 5.38. The van der Waals surface area contributed by atoms with E-state index in [9.17, 15) is 4.79 Å². The summed E-state index contributed by atoms with van der Waals surface area (Å²) in [4.78, 5) is 17.6. The van der Waals surface area contributed by atoms with Crippen molar-refractivity contribution < 1.29 is 9.63 Å². The van der Waals surface area contributed by atoms with Crippen molar-refractivity contribution in [3.63, 3.8) is 0 Å². The standard InChI is InChI=1S/C14H23N3O2/c1-4-17-13(9-12(15-17)10(2)3)14(18)16-19-11-7-5-6-8-11/h9-11H,4-8H2,1-3H3,(H,16,18). The Morgan fingerprint density at radius 3 is 2.79 bits per heavy atom. The minimum atomic E-state index is -0.201. The van der Waals surface area contributed by atoms with Gasteiger partial charge in [0.1, 0.15) is 5.69 Å². The molecule has 0 bridgehead atoms. The van der Waals surface area contributed by atoms with Crippen LogP contribution in [0.15, 0.2) is 6.07 Å². The molecule has 2 rings (SSSR count). The Balaban J connectivity index is 2.00. The van der Waals surface area contributed by atoms with Crippen LogP contribution in [0.3, 0.4) is 0 Å². The summed E-state index contributed by atoms with van der Waals surface area (Å²) in [5.74, 6) is 0.114. The highest BCUT2D eigenvalue weighted by atomic mass is 16.7. The Kier molecular flexibility index (Phi) is 4.58.